The summed E-state index contributed by atoms with van der Waals surface area (Å²) in [5, 5.41) is 9.67. The largest absolute Gasteiger partial charge is 0.481 e. The number of furan rings is 1. The number of piperidine rings is 1. The molecule has 1 aliphatic heterocycles. The molecule has 1 saturated heterocycles. The Morgan fingerprint density at radius 3 is 2.91 bits per heavy atom. The average molecular weight is 305 g/mol. The number of halogens is 1. The number of benzene rings is 1. The minimum Gasteiger partial charge on any atom is -0.481 e. The van der Waals surface area contributed by atoms with E-state index in [9.17, 15) is 14.0 Å². The van der Waals surface area contributed by atoms with Crippen molar-refractivity contribution in [3.05, 3.63) is 35.3 Å². The summed E-state index contributed by atoms with van der Waals surface area (Å²) in [6.45, 7) is 2.39. The first kappa shape index (κ1) is 14.6. The van der Waals surface area contributed by atoms with Crippen molar-refractivity contribution in [2.24, 2.45) is 5.92 Å². The predicted octanol–water partition coefficient (Wildman–Crippen LogP) is 2.82. The van der Waals surface area contributed by atoms with Gasteiger partial charge in [-0.3, -0.25) is 9.59 Å². The van der Waals surface area contributed by atoms with Crippen LogP contribution >= 0.6 is 0 Å². The van der Waals surface area contributed by atoms with Crippen LogP contribution in [0.5, 0.6) is 0 Å². The maximum absolute atomic E-state index is 13.3. The molecule has 2 heterocycles. The highest BCUT2D eigenvalue weighted by Gasteiger charge is 2.31. The van der Waals surface area contributed by atoms with E-state index in [4.69, 9.17) is 9.52 Å². The number of hydrogen-bond acceptors (Lipinski definition) is 3. The molecule has 5 nitrogen and oxygen atoms in total. The molecule has 1 aromatic heterocycles. The molecule has 1 aromatic carbocycles. The normalized spacial score (nSPS) is 18.6. The number of carbonyl (C=O) groups excluding carboxylic acids is 1. The summed E-state index contributed by atoms with van der Waals surface area (Å²) in [5.41, 5.74) is 1.03. The van der Waals surface area contributed by atoms with Crippen molar-refractivity contribution in [2.75, 3.05) is 13.1 Å². The van der Waals surface area contributed by atoms with E-state index >= 15 is 0 Å². The molecule has 0 bridgehead atoms. The molecule has 116 valence electrons. The minimum atomic E-state index is -0.888. The summed E-state index contributed by atoms with van der Waals surface area (Å²) in [6.07, 6.45) is 1.22. The van der Waals surface area contributed by atoms with Crippen LogP contribution in [0.2, 0.25) is 0 Å². The first-order valence-corrected chi connectivity index (χ1v) is 7.18. The molecule has 0 radical (unpaired) electrons. The molecule has 22 heavy (non-hydrogen) atoms. The first-order chi connectivity index (χ1) is 10.5. The van der Waals surface area contributed by atoms with Crippen molar-refractivity contribution in [2.45, 2.75) is 19.8 Å². The monoisotopic (exact) mass is 305 g/mol. The Morgan fingerprint density at radius 2 is 2.18 bits per heavy atom. The smallest absolute Gasteiger partial charge is 0.308 e. The fourth-order valence-electron chi connectivity index (χ4n) is 2.90. The number of nitrogens with zero attached hydrogens (tertiary/aromatic N) is 1. The van der Waals surface area contributed by atoms with E-state index in [0.717, 1.165) is 0 Å². The van der Waals surface area contributed by atoms with Gasteiger partial charge in [-0.1, -0.05) is 0 Å². The number of aryl methyl sites for hydroxylation is 1. The average Bonchev–Trinajstić information content (AvgIpc) is 2.83. The van der Waals surface area contributed by atoms with Gasteiger partial charge in [0.05, 0.1) is 5.92 Å². The van der Waals surface area contributed by atoms with Crippen LogP contribution in [0.4, 0.5) is 4.39 Å². The third-order valence-corrected chi connectivity index (χ3v) is 4.15. The van der Waals surface area contributed by atoms with Gasteiger partial charge in [0.1, 0.15) is 11.4 Å². The lowest BCUT2D eigenvalue weighted by atomic mass is 9.98. The van der Waals surface area contributed by atoms with Gasteiger partial charge >= 0.3 is 5.97 Å². The number of carbonyl (C=O) groups is 2. The van der Waals surface area contributed by atoms with E-state index < -0.39 is 11.9 Å². The van der Waals surface area contributed by atoms with Crippen molar-refractivity contribution in [3.8, 4) is 0 Å². The lowest BCUT2D eigenvalue weighted by Gasteiger charge is -2.30. The van der Waals surface area contributed by atoms with Crippen LogP contribution in [0.15, 0.2) is 22.6 Å². The van der Waals surface area contributed by atoms with Gasteiger partial charge in [-0.15, -0.1) is 0 Å². The van der Waals surface area contributed by atoms with Crippen molar-refractivity contribution < 1.29 is 23.5 Å². The van der Waals surface area contributed by atoms with Crippen LogP contribution in [0, 0.1) is 18.7 Å². The number of fused-ring (bicyclic) bond motifs is 1. The van der Waals surface area contributed by atoms with E-state index in [1.807, 2.05) is 0 Å². The second-order valence-corrected chi connectivity index (χ2v) is 5.63. The number of hydrogen-bond donors (Lipinski definition) is 1. The Balaban J connectivity index is 1.92. The fraction of sp³-hybridized carbons (Fsp3) is 0.375. The molecule has 0 spiro atoms. The molecular formula is C16H16FNO4. The number of likely N-dealkylation sites (tertiary alicyclic amines) is 1. The molecule has 1 atom stereocenters. The Bertz CT molecular complexity index is 752. The Labute approximate surface area is 126 Å². The van der Waals surface area contributed by atoms with E-state index in [-0.39, 0.29) is 24.0 Å². The number of amides is 1. The summed E-state index contributed by atoms with van der Waals surface area (Å²) in [6, 6.07) is 4.10. The standard InChI is InChI=1S/C16H16FNO4/c1-9-12-7-11(17)4-5-13(12)22-14(9)15(19)18-6-2-3-10(8-18)16(20)21/h4-5,7,10H,2-3,6,8H2,1H3,(H,20,21)/t10-/m0/s1. The molecule has 3 rings (SSSR count). The predicted molar refractivity (Wildman–Crippen MR) is 77.2 cm³/mol. The minimum absolute atomic E-state index is 0.159. The summed E-state index contributed by atoms with van der Waals surface area (Å²) in [4.78, 5) is 25.2. The first-order valence-electron chi connectivity index (χ1n) is 7.18. The lowest BCUT2D eigenvalue weighted by Crippen LogP contribution is -2.42. The van der Waals surface area contributed by atoms with Crippen molar-refractivity contribution in [1.82, 2.24) is 4.90 Å². The van der Waals surface area contributed by atoms with Crippen LogP contribution in [0.3, 0.4) is 0 Å². The second kappa shape index (κ2) is 5.44. The van der Waals surface area contributed by atoms with E-state index in [2.05, 4.69) is 0 Å². The van der Waals surface area contributed by atoms with Crippen molar-refractivity contribution >= 4 is 22.8 Å². The molecule has 2 aromatic rings. The Morgan fingerprint density at radius 1 is 1.41 bits per heavy atom. The van der Waals surface area contributed by atoms with E-state index in [0.29, 0.717) is 35.9 Å². The quantitative estimate of drug-likeness (QED) is 0.926. The molecule has 1 aliphatic rings. The number of aliphatic carboxylic acids is 1. The Hall–Kier alpha value is -2.37. The highest BCUT2D eigenvalue weighted by Crippen LogP contribution is 2.28. The summed E-state index contributed by atoms with van der Waals surface area (Å²) in [7, 11) is 0. The van der Waals surface area contributed by atoms with E-state index in [1.165, 1.54) is 23.1 Å². The Kier molecular flexibility index (Phi) is 3.60. The maximum atomic E-state index is 13.3. The molecule has 1 amide bonds. The van der Waals surface area contributed by atoms with Crippen LogP contribution in [-0.4, -0.2) is 35.0 Å². The zero-order valence-electron chi connectivity index (χ0n) is 12.1. The molecule has 0 saturated carbocycles. The number of carboxylic acids is 1. The lowest BCUT2D eigenvalue weighted by molar-refractivity contribution is -0.143. The SMILES string of the molecule is Cc1c(C(=O)N2CCC[C@H](C(=O)O)C2)oc2ccc(F)cc12. The molecule has 6 heteroatoms. The van der Waals surface area contributed by atoms with Crippen molar-refractivity contribution in [1.29, 1.82) is 0 Å². The molecule has 0 aliphatic carbocycles. The van der Waals surface area contributed by atoms with Gasteiger partial charge in [0.2, 0.25) is 0 Å². The number of carboxylic acid groups (broad SMARTS) is 1. The summed E-state index contributed by atoms with van der Waals surface area (Å²) < 4.78 is 18.9. The van der Waals surface area contributed by atoms with E-state index in [1.54, 1.807) is 6.92 Å². The highest BCUT2D eigenvalue weighted by atomic mass is 19.1. The van der Waals surface area contributed by atoms with Gasteiger partial charge in [0, 0.05) is 24.0 Å². The third-order valence-electron chi connectivity index (χ3n) is 4.15. The van der Waals surface area contributed by atoms with Crippen LogP contribution in [-0.2, 0) is 4.79 Å². The van der Waals surface area contributed by atoms with Crippen LogP contribution in [0.1, 0.15) is 29.0 Å². The van der Waals surface area contributed by atoms with Gasteiger partial charge < -0.3 is 14.4 Å². The zero-order chi connectivity index (χ0) is 15.9. The summed E-state index contributed by atoms with van der Waals surface area (Å²) >= 11 is 0. The molecule has 1 fully saturated rings. The van der Waals surface area contributed by atoms with Gasteiger partial charge in [0.15, 0.2) is 5.76 Å². The second-order valence-electron chi connectivity index (χ2n) is 5.63. The highest BCUT2D eigenvalue weighted by molar-refractivity contribution is 5.99. The maximum Gasteiger partial charge on any atom is 0.308 e. The number of rotatable bonds is 2. The van der Waals surface area contributed by atoms with Crippen LogP contribution < -0.4 is 0 Å². The van der Waals surface area contributed by atoms with Gasteiger partial charge in [0.25, 0.3) is 5.91 Å². The van der Waals surface area contributed by atoms with Gasteiger partial charge in [-0.25, -0.2) is 4.39 Å². The van der Waals surface area contributed by atoms with Crippen LogP contribution in [0.25, 0.3) is 11.0 Å². The fourth-order valence-corrected chi connectivity index (χ4v) is 2.90. The van der Waals surface area contributed by atoms with Gasteiger partial charge in [-0.05, 0) is 38.0 Å². The molecule has 0 unspecified atom stereocenters. The molecule has 1 N–H and O–H groups in total. The van der Waals surface area contributed by atoms with Crippen molar-refractivity contribution in [3.63, 3.8) is 0 Å². The topological polar surface area (TPSA) is 70.8 Å². The summed E-state index contributed by atoms with van der Waals surface area (Å²) in [5.74, 6) is -1.99. The zero-order valence-corrected chi connectivity index (χ0v) is 12.1. The molecular weight excluding hydrogens is 289 g/mol. The third kappa shape index (κ3) is 2.45. The van der Waals surface area contributed by atoms with Gasteiger partial charge in [-0.2, -0.15) is 0 Å².